The third-order valence-corrected chi connectivity index (χ3v) is 7.42. The molecule has 1 saturated heterocycles. The zero-order valence-corrected chi connectivity index (χ0v) is 17.9. The molecular weight excluding hydrogens is 294 g/mol. The van der Waals surface area contributed by atoms with Crippen molar-refractivity contribution in [2.75, 3.05) is 0 Å². The lowest BCUT2D eigenvalue weighted by Crippen LogP contribution is -2.48. The average molecular weight is 338 g/mol. The van der Waals surface area contributed by atoms with E-state index in [0.29, 0.717) is 53.9 Å². The summed E-state index contributed by atoms with van der Waals surface area (Å²) in [6.45, 7) is 23.6. The molecule has 5 unspecified atom stereocenters. The highest BCUT2D eigenvalue weighted by Crippen LogP contribution is 2.48. The standard InChI is InChI=1S/C22H43NO/c1-13(2)16(7)22(9,10)17(8)18-11-12-19(24)23-21(15(5)6)20(18)14(3)4/h13-18,20-21H,11-12H2,1-10H3,(H,23,24). The summed E-state index contributed by atoms with van der Waals surface area (Å²) in [6.07, 6.45) is 1.72. The first kappa shape index (κ1) is 21.5. The zero-order valence-electron chi connectivity index (χ0n) is 17.9. The molecule has 1 rings (SSSR count). The Bertz CT molecular complexity index is 410. The van der Waals surface area contributed by atoms with Gasteiger partial charge in [0.05, 0.1) is 0 Å². The van der Waals surface area contributed by atoms with Gasteiger partial charge < -0.3 is 5.32 Å². The molecule has 142 valence electrons. The fraction of sp³-hybridized carbons (Fsp3) is 0.955. The molecule has 0 aromatic carbocycles. The highest BCUT2D eigenvalue weighted by Gasteiger charge is 2.45. The first-order valence-electron chi connectivity index (χ1n) is 10.2. The van der Waals surface area contributed by atoms with Gasteiger partial charge in [0, 0.05) is 12.5 Å². The summed E-state index contributed by atoms with van der Waals surface area (Å²) in [4.78, 5) is 12.3. The van der Waals surface area contributed by atoms with Crippen LogP contribution < -0.4 is 5.32 Å². The van der Waals surface area contributed by atoms with Crippen LogP contribution in [0.15, 0.2) is 0 Å². The zero-order chi connectivity index (χ0) is 18.8. The number of rotatable bonds is 6. The van der Waals surface area contributed by atoms with Gasteiger partial charge in [-0.3, -0.25) is 4.79 Å². The second-order valence-corrected chi connectivity index (χ2v) is 10.0. The number of nitrogens with one attached hydrogen (secondary N) is 1. The molecule has 1 heterocycles. The number of hydrogen-bond acceptors (Lipinski definition) is 1. The fourth-order valence-electron chi connectivity index (χ4n) is 5.04. The van der Waals surface area contributed by atoms with Gasteiger partial charge >= 0.3 is 0 Å². The van der Waals surface area contributed by atoms with Gasteiger partial charge in [-0.05, 0) is 53.3 Å². The molecule has 1 N–H and O–H groups in total. The van der Waals surface area contributed by atoms with Crippen LogP contribution in [0, 0.1) is 46.8 Å². The Kier molecular flexibility index (Phi) is 7.38. The van der Waals surface area contributed by atoms with Crippen molar-refractivity contribution in [2.45, 2.75) is 88.1 Å². The van der Waals surface area contributed by atoms with E-state index in [0.717, 1.165) is 6.42 Å². The second kappa shape index (κ2) is 8.23. The maximum Gasteiger partial charge on any atom is 0.220 e. The Morgan fingerprint density at radius 2 is 1.50 bits per heavy atom. The molecule has 24 heavy (non-hydrogen) atoms. The average Bonchev–Trinajstić information content (AvgIpc) is 2.64. The SMILES string of the molecule is CC(C)C1NC(=O)CCC(C(C)C(C)(C)C(C)C(C)C)C1C(C)C. The number of carbonyl (C=O) groups excluding carboxylic acids is 1. The molecule has 1 amide bonds. The summed E-state index contributed by atoms with van der Waals surface area (Å²) in [5, 5.41) is 3.36. The minimum absolute atomic E-state index is 0.253. The quantitative estimate of drug-likeness (QED) is 0.655. The predicted octanol–water partition coefficient (Wildman–Crippen LogP) is 5.76. The fourth-order valence-corrected chi connectivity index (χ4v) is 5.04. The van der Waals surface area contributed by atoms with Crippen molar-refractivity contribution in [3.63, 3.8) is 0 Å². The molecule has 0 saturated carbocycles. The molecule has 0 bridgehead atoms. The molecule has 2 nitrogen and oxygen atoms in total. The van der Waals surface area contributed by atoms with Gasteiger partial charge in [0.2, 0.25) is 5.91 Å². The summed E-state index contributed by atoms with van der Waals surface area (Å²) < 4.78 is 0. The van der Waals surface area contributed by atoms with Crippen molar-refractivity contribution >= 4 is 5.91 Å². The van der Waals surface area contributed by atoms with Crippen LogP contribution in [0.25, 0.3) is 0 Å². The van der Waals surface area contributed by atoms with Crippen LogP contribution >= 0.6 is 0 Å². The minimum Gasteiger partial charge on any atom is -0.353 e. The first-order valence-corrected chi connectivity index (χ1v) is 10.2. The van der Waals surface area contributed by atoms with E-state index in [1.165, 1.54) is 0 Å². The van der Waals surface area contributed by atoms with E-state index in [9.17, 15) is 4.79 Å². The molecule has 0 aromatic rings. The smallest absolute Gasteiger partial charge is 0.220 e. The van der Waals surface area contributed by atoms with Crippen molar-refractivity contribution in [3.8, 4) is 0 Å². The third kappa shape index (κ3) is 4.55. The van der Waals surface area contributed by atoms with Gasteiger partial charge in [-0.2, -0.15) is 0 Å². The minimum atomic E-state index is 0.253. The highest BCUT2D eigenvalue weighted by molar-refractivity contribution is 5.76. The molecule has 0 radical (unpaired) electrons. The van der Waals surface area contributed by atoms with Gasteiger partial charge in [0.15, 0.2) is 0 Å². The Labute approximate surface area is 151 Å². The monoisotopic (exact) mass is 337 g/mol. The van der Waals surface area contributed by atoms with E-state index in [2.05, 4.69) is 74.6 Å². The predicted molar refractivity (Wildman–Crippen MR) is 105 cm³/mol. The van der Waals surface area contributed by atoms with E-state index < -0.39 is 0 Å². The Morgan fingerprint density at radius 1 is 0.958 bits per heavy atom. The van der Waals surface area contributed by atoms with Crippen LogP contribution in [-0.4, -0.2) is 11.9 Å². The van der Waals surface area contributed by atoms with Crippen molar-refractivity contribution in [2.24, 2.45) is 46.8 Å². The Morgan fingerprint density at radius 3 is 1.92 bits per heavy atom. The number of hydrogen-bond donors (Lipinski definition) is 1. The first-order chi connectivity index (χ1) is 10.9. The van der Waals surface area contributed by atoms with E-state index in [4.69, 9.17) is 0 Å². The van der Waals surface area contributed by atoms with Crippen molar-refractivity contribution in [3.05, 3.63) is 0 Å². The van der Waals surface area contributed by atoms with Crippen molar-refractivity contribution < 1.29 is 4.79 Å². The van der Waals surface area contributed by atoms with E-state index in [1.54, 1.807) is 0 Å². The maximum atomic E-state index is 12.3. The molecule has 1 aliphatic rings. The molecule has 0 aliphatic carbocycles. The van der Waals surface area contributed by atoms with Crippen LogP contribution in [0.4, 0.5) is 0 Å². The Balaban J connectivity index is 3.22. The van der Waals surface area contributed by atoms with E-state index in [1.807, 2.05) is 0 Å². The van der Waals surface area contributed by atoms with Gasteiger partial charge in [0.1, 0.15) is 0 Å². The summed E-state index contributed by atoms with van der Waals surface area (Å²) in [5.74, 6) is 4.46. The normalized spacial score (nSPS) is 28.9. The molecule has 1 aliphatic heterocycles. The lowest BCUT2D eigenvalue weighted by molar-refractivity contribution is -0.121. The lowest BCUT2D eigenvalue weighted by atomic mass is 9.58. The molecule has 1 fully saturated rings. The molecule has 0 spiro atoms. The van der Waals surface area contributed by atoms with Gasteiger partial charge in [-0.1, -0.05) is 69.2 Å². The molecule has 5 atom stereocenters. The van der Waals surface area contributed by atoms with Crippen molar-refractivity contribution in [1.29, 1.82) is 0 Å². The number of carbonyl (C=O) groups is 1. The van der Waals surface area contributed by atoms with Crippen LogP contribution in [0.2, 0.25) is 0 Å². The van der Waals surface area contributed by atoms with Gasteiger partial charge in [-0.15, -0.1) is 0 Å². The second-order valence-electron chi connectivity index (χ2n) is 10.0. The topological polar surface area (TPSA) is 29.1 Å². The van der Waals surface area contributed by atoms with Crippen LogP contribution in [-0.2, 0) is 4.79 Å². The van der Waals surface area contributed by atoms with Crippen molar-refractivity contribution in [1.82, 2.24) is 5.32 Å². The maximum absolute atomic E-state index is 12.3. The van der Waals surface area contributed by atoms with Crippen LogP contribution in [0.3, 0.4) is 0 Å². The van der Waals surface area contributed by atoms with Gasteiger partial charge in [0.25, 0.3) is 0 Å². The summed E-state index contributed by atoms with van der Waals surface area (Å²) in [5.41, 5.74) is 0.279. The largest absolute Gasteiger partial charge is 0.353 e. The molecule has 2 heteroatoms. The van der Waals surface area contributed by atoms with Crippen LogP contribution in [0.5, 0.6) is 0 Å². The molecule has 0 aromatic heterocycles. The summed E-state index contributed by atoms with van der Waals surface area (Å²) >= 11 is 0. The Hall–Kier alpha value is -0.530. The summed E-state index contributed by atoms with van der Waals surface area (Å²) in [6, 6.07) is 0.303. The van der Waals surface area contributed by atoms with E-state index >= 15 is 0 Å². The highest BCUT2D eigenvalue weighted by atomic mass is 16.1. The number of amides is 1. The van der Waals surface area contributed by atoms with Crippen LogP contribution in [0.1, 0.15) is 82.1 Å². The third-order valence-electron chi connectivity index (χ3n) is 7.42. The summed E-state index contributed by atoms with van der Waals surface area (Å²) in [7, 11) is 0. The van der Waals surface area contributed by atoms with E-state index in [-0.39, 0.29) is 11.3 Å². The van der Waals surface area contributed by atoms with Gasteiger partial charge in [-0.25, -0.2) is 0 Å². The lowest BCUT2D eigenvalue weighted by Gasteiger charge is -2.48. The molecular formula is C22H43NO.